The minimum Gasteiger partial charge on any atom is -0.549 e. The Morgan fingerprint density at radius 1 is 0.442 bits per heavy atom. The minimum absolute atomic E-state index is 0. The van der Waals surface area contributed by atoms with Gasteiger partial charge in [0.1, 0.15) is 0 Å². The summed E-state index contributed by atoms with van der Waals surface area (Å²) in [7, 11) is 0. The number of aromatic nitrogens is 4. The smallest absolute Gasteiger partial charge is 0.549 e. The van der Waals surface area contributed by atoms with E-state index < -0.39 is 17.9 Å². The number of nitrogens with zero attached hydrogens (tertiary/aromatic N) is 4. The van der Waals surface area contributed by atoms with Crippen molar-refractivity contribution in [1.29, 1.82) is 0 Å². The first-order chi connectivity index (χ1) is 21.0. The van der Waals surface area contributed by atoms with Gasteiger partial charge in [-0.25, -0.2) is 0 Å². The third kappa shape index (κ3) is 14.0. The quantitative estimate of drug-likeness (QED) is 0.104. The molecule has 0 aliphatic rings. The summed E-state index contributed by atoms with van der Waals surface area (Å²) < 4.78 is 0. The molecule has 4 aromatic heterocycles. The number of aliphatic carboxylic acids is 2. The van der Waals surface area contributed by atoms with E-state index >= 15 is 0 Å². The molecule has 3 aromatic carbocycles. The van der Waals surface area contributed by atoms with Gasteiger partial charge < -0.3 is 63.6 Å². The zero-order valence-electron chi connectivity index (χ0n) is 27.7. The molecule has 0 radical (unpaired) electrons. The first kappa shape index (κ1) is 55.9. The number of carbonyl (C=O) groups is 2. The third-order valence-electron chi connectivity index (χ3n) is 6.82. The Morgan fingerprint density at radius 3 is 1.00 bits per heavy atom. The maximum atomic E-state index is 10.4. The first-order valence-electron chi connectivity index (χ1n) is 13.6. The molecule has 0 aliphatic heterocycles. The average molecular weight is 776 g/mol. The summed E-state index contributed by atoms with van der Waals surface area (Å²) in [5.74, 6) is -4.72. The van der Waals surface area contributed by atoms with Crippen molar-refractivity contribution >= 4 is 55.6 Å². The normalized spacial score (nSPS) is 8.79. The third-order valence-corrected chi connectivity index (χ3v) is 6.82. The van der Waals surface area contributed by atoms with Crippen LogP contribution in [0.1, 0.15) is 12.0 Å². The molecule has 0 fully saturated rings. The molecule has 0 bridgehead atoms. The van der Waals surface area contributed by atoms with Gasteiger partial charge in [0.25, 0.3) is 0 Å². The van der Waals surface area contributed by atoms with Crippen LogP contribution in [0.4, 0.5) is 0 Å². The topological polar surface area (TPSA) is 384 Å². The fraction of sp³-hybridized carbons (Fsp3) is 0.0857. The molecule has 16 N–H and O–H groups in total. The first-order valence-corrected chi connectivity index (χ1v) is 13.6. The summed E-state index contributed by atoms with van der Waals surface area (Å²) in [6, 6.07) is 33.3. The van der Waals surface area contributed by atoms with Crippen molar-refractivity contribution in [2.75, 3.05) is 0 Å². The fourth-order valence-electron chi connectivity index (χ4n) is 4.65. The summed E-state index contributed by atoms with van der Waals surface area (Å²) in [5, 5.41) is 25.4. The summed E-state index contributed by atoms with van der Waals surface area (Å²) >= 11 is 0. The van der Waals surface area contributed by atoms with Crippen LogP contribution in [0.2, 0.25) is 0 Å². The molecular weight excluding hydrogens is 734 g/mol. The van der Waals surface area contributed by atoms with Gasteiger partial charge in [-0.1, -0.05) is 78.9 Å². The van der Waals surface area contributed by atoms with Gasteiger partial charge in [0.2, 0.25) is 0 Å². The number of rotatable bonds is 5. The number of pyridine rings is 4. The number of hydrogen-bond donors (Lipinski definition) is 0. The maximum absolute atomic E-state index is 10.4. The van der Waals surface area contributed by atoms with Crippen molar-refractivity contribution in [2.24, 2.45) is 5.92 Å². The summed E-state index contributed by atoms with van der Waals surface area (Å²) in [6.07, 6.45) is 7.59. The second-order valence-corrected chi connectivity index (χ2v) is 9.65. The van der Waals surface area contributed by atoms with Crippen molar-refractivity contribution in [3.63, 3.8) is 0 Å². The molecular formula is C35H42N4O12Zn. The van der Waals surface area contributed by atoms with Crippen LogP contribution >= 0.6 is 0 Å². The van der Waals surface area contributed by atoms with E-state index in [1.165, 1.54) is 0 Å². The molecule has 7 aromatic rings. The molecule has 0 spiro atoms. The predicted molar refractivity (Wildman–Crippen MR) is 191 cm³/mol. The van der Waals surface area contributed by atoms with Gasteiger partial charge in [0.15, 0.2) is 0 Å². The molecule has 17 heteroatoms. The van der Waals surface area contributed by atoms with Crippen molar-refractivity contribution in [3.8, 4) is 0 Å². The summed E-state index contributed by atoms with van der Waals surface area (Å²) in [5.41, 5.74) is 4.80. The second-order valence-electron chi connectivity index (χ2n) is 9.65. The van der Waals surface area contributed by atoms with E-state index in [9.17, 15) is 19.8 Å². The van der Waals surface area contributed by atoms with Crippen molar-refractivity contribution in [3.05, 3.63) is 133 Å². The standard InChI is InChI=1S/2C12H8N2.C11H12O4.8H2O.Zn/c2*1-3-9-5-6-10-4-2-8-14-12(10)11(9)13-7-1;12-10(13)9(11(14)15)7-6-8-4-2-1-3-5-8;;;;;;;;;/h2*1-8H;1-5,9H,6-7H2,(H,12,13)(H,14,15);8*1H2;/q;;;;;;;;;;;+2/p-2. The van der Waals surface area contributed by atoms with Crippen LogP contribution in [0.3, 0.4) is 0 Å². The van der Waals surface area contributed by atoms with Gasteiger partial charge in [0, 0.05) is 52.3 Å². The van der Waals surface area contributed by atoms with Crippen LogP contribution < -0.4 is 10.2 Å². The molecule has 276 valence electrons. The Bertz CT molecular complexity index is 1810. The number of aryl methyl sites for hydroxylation is 1. The van der Waals surface area contributed by atoms with Crippen LogP contribution in [0.5, 0.6) is 0 Å². The van der Waals surface area contributed by atoms with Gasteiger partial charge in [-0.15, -0.1) is 0 Å². The van der Waals surface area contributed by atoms with E-state index in [2.05, 4.69) is 68.5 Å². The molecule has 0 saturated carbocycles. The van der Waals surface area contributed by atoms with Gasteiger partial charge in [-0.3, -0.25) is 19.9 Å². The van der Waals surface area contributed by atoms with Crippen LogP contribution in [0.15, 0.2) is 128 Å². The van der Waals surface area contributed by atoms with E-state index in [1.54, 1.807) is 24.8 Å². The van der Waals surface area contributed by atoms with E-state index in [0.29, 0.717) is 6.42 Å². The molecule has 0 atom stereocenters. The molecule has 52 heavy (non-hydrogen) atoms. The Hall–Kier alpha value is -5.46. The van der Waals surface area contributed by atoms with Crippen LogP contribution in [-0.2, 0) is 35.5 Å². The van der Waals surface area contributed by atoms with Crippen LogP contribution in [-0.4, -0.2) is 75.7 Å². The number of fused-ring (bicyclic) bond motifs is 6. The fourth-order valence-corrected chi connectivity index (χ4v) is 4.65. The predicted octanol–water partition coefficient (Wildman–Crippen LogP) is -2.30. The molecule has 16 nitrogen and oxygen atoms in total. The molecule has 0 saturated heterocycles. The number of hydrogen-bond acceptors (Lipinski definition) is 8. The van der Waals surface area contributed by atoms with Gasteiger partial charge >= 0.3 is 19.5 Å². The van der Waals surface area contributed by atoms with E-state index in [0.717, 1.165) is 49.2 Å². The number of carbonyl (C=O) groups excluding carboxylic acids is 2. The van der Waals surface area contributed by atoms with Crippen molar-refractivity contribution in [1.82, 2.24) is 19.9 Å². The maximum Gasteiger partial charge on any atom is 2.00 e. The van der Waals surface area contributed by atoms with Gasteiger partial charge in [0.05, 0.1) is 34.0 Å². The number of carboxylic acids is 2. The number of benzene rings is 3. The Labute approximate surface area is 310 Å². The Balaban J connectivity index is -0.000000195. The molecule has 0 aliphatic carbocycles. The van der Waals surface area contributed by atoms with Crippen molar-refractivity contribution in [2.45, 2.75) is 12.8 Å². The number of carboxylic acid groups (broad SMARTS) is 2. The molecule has 7 rings (SSSR count). The summed E-state index contributed by atoms with van der Waals surface area (Å²) in [4.78, 5) is 38.2. The van der Waals surface area contributed by atoms with E-state index in [4.69, 9.17) is 0 Å². The van der Waals surface area contributed by atoms with Gasteiger partial charge in [-0.05, 0) is 42.7 Å². The largest absolute Gasteiger partial charge is 2.00 e. The van der Waals surface area contributed by atoms with E-state index in [-0.39, 0.29) is 69.7 Å². The van der Waals surface area contributed by atoms with Crippen LogP contribution in [0.25, 0.3) is 43.6 Å². The summed E-state index contributed by atoms with van der Waals surface area (Å²) in [6.45, 7) is 0. The zero-order valence-corrected chi connectivity index (χ0v) is 30.7. The average Bonchev–Trinajstić information content (AvgIpc) is 3.05. The molecule has 4 heterocycles. The molecule has 0 unspecified atom stereocenters. The second kappa shape index (κ2) is 27.3. The van der Waals surface area contributed by atoms with Gasteiger partial charge in [-0.2, -0.15) is 0 Å². The van der Waals surface area contributed by atoms with Crippen LogP contribution in [0, 0.1) is 5.92 Å². The minimum atomic E-state index is -1.59. The zero-order chi connectivity index (χ0) is 30.0. The molecule has 0 amide bonds. The monoisotopic (exact) mass is 774 g/mol. The Kier molecular flexibility index (Phi) is 29.4. The van der Waals surface area contributed by atoms with E-state index in [1.807, 2.05) is 54.6 Å². The van der Waals surface area contributed by atoms with Crippen molar-refractivity contribution < 1.29 is 83.1 Å². The Morgan fingerprint density at radius 2 is 0.731 bits per heavy atom. The SMILES string of the molecule is O.O.O.O.O.O.O.O.O=C([O-])C(CCc1ccccc1)C(=O)[O-].[Zn+2].c1cnc2c(c1)ccc1cccnc12.c1cnc2c(c1)ccc1cccnc12.